The van der Waals surface area contributed by atoms with Gasteiger partial charge in [0.1, 0.15) is 11.7 Å². The number of hydrogen-bond acceptors (Lipinski definition) is 5. The van der Waals surface area contributed by atoms with Crippen LogP contribution in [0.1, 0.15) is 11.3 Å². The van der Waals surface area contributed by atoms with Crippen LogP contribution in [0.3, 0.4) is 0 Å². The summed E-state index contributed by atoms with van der Waals surface area (Å²) in [5, 5.41) is 7.96. The Morgan fingerprint density at radius 3 is 3.00 bits per heavy atom. The van der Waals surface area contributed by atoms with Crippen LogP contribution in [0.15, 0.2) is 53.2 Å². The number of nitrogens with zero attached hydrogens (tertiary/aromatic N) is 3. The lowest BCUT2D eigenvalue weighted by Crippen LogP contribution is -2.39. The Hall–Kier alpha value is -2.86. The molecule has 4 rings (SSSR count). The molecule has 0 saturated heterocycles. The average molecular weight is 369 g/mol. The van der Waals surface area contributed by atoms with Gasteiger partial charge in [0.2, 0.25) is 5.91 Å². The lowest BCUT2D eigenvalue weighted by molar-refractivity contribution is -0.131. The summed E-state index contributed by atoms with van der Waals surface area (Å²) in [6, 6.07) is 12.7. The number of likely N-dealkylation sites (N-methyl/N-ethyl adjacent to an activating group) is 1. The van der Waals surface area contributed by atoms with Gasteiger partial charge in [-0.25, -0.2) is 0 Å². The molecule has 1 amide bonds. The van der Waals surface area contributed by atoms with E-state index in [1.54, 1.807) is 18.1 Å². The maximum absolute atomic E-state index is 12.7. The molecule has 1 aromatic carbocycles. The molecule has 6 nitrogen and oxygen atoms in total. The third-order valence-electron chi connectivity index (χ3n) is 4.37. The van der Waals surface area contributed by atoms with Crippen molar-refractivity contribution in [3.63, 3.8) is 0 Å². The Morgan fingerprint density at radius 1 is 1.31 bits per heavy atom. The van der Waals surface area contributed by atoms with Gasteiger partial charge in [-0.2, -0.15) is 0 Å². The molecule has 132 valence electrons. The molecule has 3 heterocycles. The summed E-state index contributed by atoms with van der Waals surface area (Å²) in [5.74, 6) is 0.605. The Labute approximate surface area is 155 Å². The standard InChI is InChI=1S/C19H17ClN4O2/c1-24(11-14-10-17(23-26-14)16-4-2-3-7-21-16)19(25)18-9-12-8-13(20)5-6-15(12)22-18/h2-8,10,18,22H,9,11H2,1H3/t18-/m0/s1. The topological polar surface area (TPSA) is 71.3 Å². The zero-order valence-electron chi connectivity index (χ0n) is 14.1. The summed E-state index contributed by atoms with van der Waals surface area (Å²) in [6.07, 6.45) is 2.32. The van der Waals surface area contributed by atoms with Crippen molar-refractivity contribution >= 4 is 23.2 Å². The van der Waals surface area contributed by atoms with Crippen LogP contribution in [-0.4, -0.2) is 34.0 Å². The fourth-order valence-corrected chi connectivity index (χ4v) is 3.27. The van der Waals surface area contributed by atoms with Crippen LogP contribution < -0.4 is 5.32 Å². The van der Waals surface area contributed by atoms with Crippen molar-refractivity contribution in [3.8, 4) is 11.4 Å². The van der Waals surface area contributed by atoms with Gasteiger partial charge in [-0.05, 0) is 35.9 Å². The summed E-state index contributed by atoms with van der Waals surface area (Å²) in [4.78, 5) is 18.6. The molecule has 0 fully saturated rings. The molecule has 0 unspecified atom stereocenters. The molecule has 0 bridgehead atoms. The van der Waals surface area contributed by atoms with Crippen LogP contribution in [0.4, 0.5) is 5.69 Å². The number of pyridine rings is 1. The first-order valence-electron chi connectivity index (χ1n) is 8.27. The zero-order chi connectivity index (χ0) is 18.1. The smallest absolute Gasteiger partial charge is 0.245 e. The monoisotopic (exact) mass is 368 g/mol. The van der Waals surface area contributed by atoms with Crippen molar-refractivity contribution in [3.05, 3.63) is 65.0 Å². The van der Waals surface area contributed by atoms with Crippen LogP contribution in [0.5, 0.6) is 0 Å². The van der Waals surface area contributed by atoms with E-state index in [0.717, 1.165) is 16.9 Å². The van der Waals surface area contributed by atoms with Gasteiger partial charge in [-0.15, -0.1) is 0 Å². The number of benzene rings is 1. The number of hydrogen-bond donors (Lipinski definition) is 1. The Bertz CT molecular complexity index is 942. The third-order valence-corrected chi connectivity index (χ3v) is 4.61. The molecule has 0 radical (unpaired) electrons. The second-order valence-electron chi connectivity index (χ2n) is 6.29. The average Bonchev–Trinajstić information content (AvgIpc) is 3.28. The first-order chi connectivity index (χ1) is 12.6. The largest absolute Gasteiger partial charge is 0.373 e. The second-order valence-corrected chi connectivity index (χ2v) is 6.73. The molecule has 2 aromatic heterocycles. The van der Waals surface area contributed by atoms with Gasteiger partial charge in [0.05, 0.1) is 12.2 Å². The number of amides is 1. The normalized spacial score (nSPS) is 15.4. The SMILES string of the molecule is CN(Cc1cc(-c2ccccn2)no1)C(=O)[C@@H]1Cc2cc(Cl)ccc2N1. The van der Waals surface area contributed by atoms with E-state index in [2.05, 4.69) is 15.5 Å². The molecule has 0 spiro atoms. The first kappa shape index (κ1) is 16.6. The lowest BCUT2D eigenvalue weighted by Gasteiger charge is -2.20. The highest BCUT2D eigenvalue weighted by atomic mass is 35.5. The minimum absolute atomic E-state index is 0.00638. The number of rotatable bonds is 4. The molecule has 1 N–H and O–H groups in total. The van der Waals surface area contributed by atoms with Crippen LogP contribution in [0.2, 0.25) is 5.02 Å². The summed E-state index contributed by atoms with van der Waals surface area (Å²) in [5.41, 5.74) is 3.41. The van der Waals surface area contributed by atoms with E-state index in [4.69, 9.17) is 16.1 Å². The van der Waals surface area contributed by atoms with Gasteiger partial charge < -0.3 is 14.7 Å². The van der Waals surface area contributed by atoms with Crippen LogP contribution in [-0.2, 0) is 17.8 Å². The first-order valence-corrected chi connectivity index (χ1v) is 8.65. The Balaban J connectivity index is 1.42. The van der Waals surface area contributed by atoms with Gasteiger partial charge in [0.15, 0.2) is 5.76 Å². The molecular formula is C19H17ClN4O2. The lowest BCUT2D eigenvalue weighted by atomic mass is 10.1. The minimum Gasteiger partial charge on any atom is -0.373 e. The van der Waals surface area contributed by atoms with Crippen molar-refractivity contribution < 1.29 is 9.32 Å². The number of anilines is 1. The van der Waals surface area contributed by atoms with E-state index in [1.807, 2.05) is 42.5 Å². The highest BCUT2D eigenvalue weighted by Gasteiger charge is 2.29. The van der Waals surface area contributed by atoms with Crippen molar-refractivity contribution in [2.24, 2.45) is 0 Å². The van der Waals surface area contributed by atoms with Gasteiger partial charge in [-0.3, -0.25) is 9.78 Å². The number of halogens is 1. The van der Waals surface area contributed by atoms with Crippen molar-refractivity contribution in [2.45, 2.75) is 19.0 Å². The molecular weight excluding hydrogens is 352 g/mol. The fourth-order valence-electron chi connectivity index (χ4n) is 3.08. The van der Waals surface area contributed by atoms with Crippen molar-refractivity contribution in [1.82, 2.24) is 15.0 Å². The van der Waals surface area contributed by atoms with Gasteiger partial charge in [0.25, 0.3) is 0 Å². The minimum atomic E-state index is -0.299. The summed E-state index contributed by atoms with van der Waals surface area (Å²) < 4.78 is 5.36. The van der Waals surface area contributed by atoms with E-state index in [1.165, 1.54) is 0 Å². The predicted octanol–water partition coefficient (Wildman–Crippen LogP) is 3.39. The molecule has 26 heavy (non-hydrogen) atoms. The predicted molar refractivity (Wildman–Crippen MR) is 98.8 cm³/mol. The number of nitrogens with one attached hydrogen (secondary N) is 1. The maximum Gasteiger partial charge on any atom is 0.245 e. The molecule has 0 aliphatic carbocycles. The van der Waals surface area contributed by atoms with Crippen LogP contribution in [0, 0.1) is 0 Å². The van der Waals surface area contributed by atoms with E-state index < -0.39 is 0 Å². The van der Waals surface area contributed by atoms with E-state index in [0.29, 0.717) is 29.4 Å². The molecule has 0 saturated carbocycles. The van der Waals surface area contributed by atoms with Crippen molar-refractivity contribution in [1.29, 1.82) is 0 Å². The van der Waals surface area contributed by atoms with E-state index in [9.17, 15) is 4.79 Å². The molecule has 1 aliphatic rings. The maximum atomic E-state index is 12.7. The number of carbonyl (C=O) groups excluding carboxylic acids is 1. The highest BCUT2D eigenvalue weighted by Crippen LogP contribution is 2.29. The summed E-state index contributed by atoms with van der Waals surface area (Å²) >= 11 is 6.03. The zero-order valence-corrected chi connectivity index (χ0v) is 14.9. The third kappa shape index (κ3) is 3.28. The number of carbonyl (C=O) groups is 1. The summed E-state index contributed by atoms with van der Waals surface area (Å²) in [7, 11) is 1.75. The molecule has 3 aromatic rings. The highest BCUT2D eigenvalue weighted by molar-refractivity contribution is 6.30. The quantitative estimate of drug-likeness (QED) is 0.764. The number of fused-ring (bicyclic) bond motifs is 1. The fraction of sp³-hybridized carbons (Fsp3) is 0.211. The Morgan fingerprint density at radius 2 is 2.19 bits per heavy atom. The molecule has 1 aliphatic heterocycles. The van der Waals surface area contributed by atoms with E-state index in [-0.39, 0.29) is 11.9 Å². The van der Waals surface area contributed by atoms with Crippen molar-refractivity contribution in [2.75, 3.05) is 12.4 Å². The van der Waals surface area contributed by atoms with Crippen LogP contribution in [0.25, 0.3) is 11.4 Å². The Kier molecular flexibility index (Phi) is 4.34. The van der Waals surface area contributed by atoms with Gasteiger partial charge >= 0.3 is 0 Å². The molecule has 1 atom stereocenters. The summed E-state index contributed by atoms with van der Waals surface area (Å²) in [6.45, 7) is 0.341. The second kappa shape index (κ2) is 6.80. The van der Waals surface area contributed by atoms with Gasteiger partial charge in [-0.1, -0.05) is 22.8 Å². The van der Waals surface area contributed by atoms with Crippen LogP contribution >= 0.6 is 11.6 Å². The molecule has 7 heteroatoms. The van der Waals surface area contributed by atoms with Gasteiger partial charge in [0, 0.05) is 36.4 Å². The number of aromatic nitrogens is 2. The van der Waals surface area contributed by atoms with E-state index >= 15 is 0 Å².